The summed E-state index contributed by atoms with van der Waals surface area (Å²) < 4.78 is 37.2. The highest BCUT2D eigenvalue weighted by Crippen LogP contribution is 2.29. The zero-order chi connectivity index (χ0) is 14.8. The van der Waals surface area contributed by atoms with Crippen molar-refractivity contribution in [2.75, 3.05) is 13.1 Å². The molecule has 6 heteroatoms. The van der Waals surface area contributed by atoms with Gasteiger partial charge in [0.25, 0.3) is 0 Å². The van der Waals surface area contributed by atoms with Crippen LogP contribution in [0.1, 0.15) is 17.5 Å². The number of likely N-dealkylation sites (tertiary alicyclic amines) is 1. The summed E-state index contributed by atoms with van der Waals surface area (Å²) in [6.45, 7) is 1.15. The minimum absolute atomic E-state index is 0.0124. The molecule has 1 aromatic carbocycles. The van der Waals surface area contributed by atoms with E-state index in [9.17, 15) is 18.0 Å². The Labute approximate surface area is 114 Å². The largest absolute Gasteiger partial charge is 0.416 e. The van der Waals surface area contributed by atoms with Crippen LogP contribution >= 0.6 is 0 Å². The SMILES string of the molecule is N[C@@H]1CCN(C(=O)/C=C/c2ccc(C(F)(F)F)cc2)C1. The van der Waals surface area contributed by atoms with Crippen molar-refractivity contribution >= 4 is 12.0 Å². The minimum Gasteiger partial charge on any atom is -0.338 e. The molecule has 0 bridgehead atoms. The summed E-state index contributed by atoms with van der Waals surface area (Å²) in [6, 6.07) is 4.68. The summed E-state index contributed by atoms with van der Waals surface area (Å²) >= 11 is 0. The van der Waals surface area contributed by atoms with Crippen molar-refractivity contribution < 1.29 is 18.0 Å². The van der Waals surface area contributed by atoms with E-state index in [1.807, 2.05) is 0 Å². The number of amides is 1. The molecule has 0 aromatic heterocycles. The van der Waals surface area contributed by atoms with E-state index >= 15 is 0 Å². The van der Waals surface area contributed by atoms with E-state index in [4.69, 9.17) is 5.73 Å². The van der Waals surface area contributed by atoms with Crippen molar-refractivity contribution in [3.8, 4) is 0 Å². The average molecular weight is 284 g/mol. The molecule has 1 aliphatic rings. The van der Waals surface area contributed by atoms with Crippen LogP contribution in [0, 0.1) is 0 Å². The Morgan fingerprint density at radius 1 is 1.30 bits per heavy atom. The van der Waals surface area contributed by atoms with Crippen molar-refractivity contribution in [3.05, 3.63) is 41.5 Å². The predicted octanol–water partition coefficient (Wildman–Crippen LogP) is 2.28. The lowest BCUT2D eigenvalue weighted by atomic mass is 10.1. The molecule has 0 saturated carbocycles. The van der Waals surface area contributed by atoms with Gasteiger partial charge in [0.2, 0.25) is 5.91 Å². The topological polar surface area (TPSA) is 46.3 Å². The maximum Gasteiger partial charge on any atom is 0.416 e. The van der Waals surface area contributed by atoms with Crippen LogP contribution in [0.15, 0.2) is 30.3 Å². The minimum atomic E-state index is -4.34. The van der Waals surface area contributed by atoms with Crippen LogP contribution in [-0.2, 0) is 11.0 Å². The zero-order valence-electron chi connectivity index (χ0n) is 10.7. The van der Waals surface area contributed by atoms with E-state index in [2.05, 4.69) is 0 Å². The lowest BCUT2D eigenvalue weighted by Gasteiger charge is -2.12. The number of benzene rings is 1. The third-order valence-corrected chi connectivity index (χ3v) is 3.19. The fourth-order valence-corrected chi connectivity index (χ4v) is 2.04. The van der Waals surface area contributed by atoms with Gasteiger partial charge in [0.1, 0.15) is 0 Å². The molecular formula is C14H15F3N2O. The average Bonchev–Trinajstić information content (AvgIpc) is 2.82. The van der Waals surface area contributed by atoms with Crippen molar-refractivity contribution in [3.63, 3.8) is 0 Å². The number of nitrogens with two attached hydrogens (primary N) is 1. The summed E-state index contributed by atoms with van der Waals surface area (Å²) in [6.07, 6.45) is -0.698. The molecule has 1 aromatic rings. The van der Waals surface area contributed by atoms with Gasteiger partial charge < -0.3 is 10.6 Å². The third kappa shape index (κ3) is 3.60. The molecule has 3 nitrogen and oxygen atoms in total. The van der Waals surface area contributed by atoms with Gasteiger partial charge in [-0.25, -0.2) is 0 Å². The quantitative estimate of drug-likeness (QED) is 0.847. The first-order valence-electron chi connectivity index (χ1n) is 6.26. The first kappa shape index (κ1) is 14.6. The van der Waals surface area contributed by atoms with Crippen LogP contribution in [-0.4, -0.2) is 29.9 Å². The number of nitrogens with zero attached hydrogens (tertiary/aromatic N) is 1. The summed E-state index contributed by atoms with van der Waals surface area (Å²) in [4.78, 5) is 13.4. The number of carbonyl (C=O) groups excluding carboxylic acids is 1. The van der Waals surface area contributed by atoms with Gasteiger partial charge in [-0.05, 0) is 30.2 Å². The first-order chi connectivity index (χ1) is 9.36. The Morgan fingerprint density at radius 3 is 2.45 bits per heavy atom. The summed E-state index contributed by atoms with van der Waals surface area (Å²) in [5.41, 5.74) is 5.55. The molecule has 20 heavy (non-hydrogen) atoms. The van der Waals surface area contributed by atoms with E-state index in [0.29, 0.717) is 18.7 Å². The molecule has 108 valence electrons. The van der Waals surface area contributed by atoms with E-state index in [0.717, 1.165) is 18.6 Å². The van der Waals surface area contributed by atoms with Crippen LogP contribution in [0.4, 0.5) is 13.2 Å². The standard InChI is InChI=1S/C14H15F3N2O/c15-14(16,17)11-4-1-10(2-5-11)3-6-13(20)19-8-7-12(18)9-19/h1-6,12H,7-9,18H2/b6-3+/t12-/m1/s1. The number of carbonyl (C=O) groups is 1. The maximum absolute atomic E-state index is 12.4. The van der Waals surface area contributed by atoms with Gasteiger partial charge in [0, 0.05) is 25.2 Å². The Hall–Kier alpha value is -1.82. The Kier molecular flexibility index (Phi) is 4.13. The van der Waals surface area contributed by atoms with Crippen LogP contribution in [0.2, 0.25) is 0 Å². The molecule has 0 spiro atoms. The highest BCUT2D eigenvalue weighted by molar-refractivity contribution is 5.92. The molecule has 1 amide bonds. The fraction of sp³-hybridized carbons (Fsp3) is 0.357. The number of alkyl halides is 3. The van der Waals surface area contributed by atoms with Gasteiger partial charge in [-0.15, -0.1) is 0 Å². The van der Waals surface area contributed by atoms with Crippen molar-refractivity contribution in [1.29, 1.82) is 0 Å². The monoisotopic (exact) mass is 284 g/mol. The van der Waals surface area contributed by atoms with Crippen LogP contribution in [0.3, 0.4) is 0 Å². The molecule has 1 fully saturated rings. The van der Waals surface area contributed by atoms with Crippen molar-refractivity contribution in [2.45, 2.75) is 18.6 Å². The molecule has 1 atom stereocenters. The lowest BCUT2D eigenvalue weighted by molar-refractivity contribution is -0.137. The Bertz CT molecular complexity index is 508. The molecule has 2 N–H and O–H groups in total. The molecule has 1 saturated heterocycles. The molecule has 0 radical (unpaired) electrons. The first-order valence-corrected chi connectivity index (χ1v) is 6.26. The van der Waals surface area contributed by atoms with E-state index in [1.54, 1.807) is 4.90 Å². The molecule has 2 rings (SSSR count). The van der Waals surface area contributed by atoms with E-state index < -0.39 is 11.7 Å². The van der Waals surface area contributed by atoms with Gasteiger partial charge in [0.15, 0.2) is 0 Å². The molecule has 0 aliphatic carbocycles. The van der Waals surface area contributed by atoms with Crippen LogP contribution in [0.25, 0.3) is 6.08 Å². The maximum atomic E-state index is 12.4. The number of halogens is 3. The highest BCUT2D eigenvalue weighted by atomic mass is 19.4. The van der Waals surface area contributed by atoms with Crippen molar-refractivity contribution in [2.24, 2.45) is 5.73 Å². The second kappa shape index (κ2) is 5.66. The van der Waals surface area contributed by atoms with Gasteiger partial charge in [-0.1, -0.05) is 12.1 Å². The molecule has 1 heterocycles. The highest BCUT2D eigenvalue weighted by Gasteiger charge is 2.29. The Morgan fingerprint density at radius 2 is 1.95 bits per heavy atom. The predicted molar refractivity (Wildman–Crippen MR) is 69.7 cm³/mol. The van der Waals surface area contributed by atoms with E-state index in [1.165, 1.54) is 24.3 Å². The van der Waals surface area contributed by atoms with E-state index in [-0.39, 0.29) is 11.9 Å². The second-order valence-corrected chi connectivity index (χ2v) is 4.79. The van der Waals surface area contributed by atoms with Gasteiger partial charge in [-0.3, -0.25) is 4.79 Å². The number of rotatable bonds is 2. The summed E-state index contributed by atoms with van der Waals surface area (Å²) in [7, 11) is 0. The summed E-state index contributed by atoms with van der Waals surface area (Å²) in [5, 5.41) is 0. The van der Waals surface area contributed by atoms with Crippen LogP contribution < -0.4 is 5.73 Å². The van der Waals surface area contributed by atoms with Crippen molar-refractivity contribution in [1.82, 2.24) is 4.90 Å². The zero-order valence-corrected chi connectivity index (χ0v) is 10.7. The fourth-order valence-electron chi connectivity index (χ4n) is 2.04. The third-order valence-electron chi connectivity index (χ3n) is 3.19. The number of hydrogen-bond acceptors (Lipinski definition) is 2. The molecule has 1 aliphatic heterocycles. The molecular weight excluding hydrogens is 269 g/mol. The molecule has 0 unspecified atom stereocenters. The van der Waals surface area contributed by atoms with Gasteiger partial charge in [0.05, 0.1) is 5.56 Å². The summed E-state index contributed by atoms with van der Waals surface area (Å²) in [5.74, 6) is -0.169. The van der Waals surface area contributed by atoms with Gasteiger partial charge >= 0.3 is 6.18 Å². The van der Waals surface area contributed by atoms with Gasteiger partial charge in [-0.2, -0.15) is 13.2 Å². The normalized spacial score (nSPS) is 19.8. The van der Waals surface area contributed by atoms with Crippen LogP contribution in [0.5, 0.6) is 0 Å². The lowest BCUT2D eigenvalue weighted by Crippen LogP contribution is -2.30. The number of hydrogen-bond donors (Lipinski definition) is 1. The second-order valence-electron chi connectivity index (χ2n) is 4.79. The smallest absolute Gasteiger partial charge is 0.338 e. The Balaban J connectivity index is 1.99.